The highest BCUT2D eigenvalue weighted by atomic mass is 32.2. The molecule has 0 radical (unpaired) electrons. The van der Waals surface area contributed by atoms with Gasteiger partial charge in [0.25, 0.3) is 0 Å². The zero-order valence-electron chi connectivity index (χ0n) is 12.4. The summed E-state index contributed by atoms with van der Waals surface area (Å²) in [6, 6.07) is 26.2. The summed E-state index contributed by atoms with van der Waals surface area (Å²) in [6.07, 6.45) is 0. The van der Waals surface area contributed by atoms with Crippen LogP contribution in [0.15, 0.2) is 84.8 Å². The summed E-state index contributed by atoms with van der Waals surface area (Å²) in [6.45, 7) is 2.95. The first kappa shape index (κ1) is 15.4. The highest BCUT2D eigenvalue weighted by molar-refractivity contribution is 7.82. The van der Waals surface area contributed by atoms with Gasteiger partial charge in [-0.25, -0.2) is 0 Å². The zero-order chi connectivity index (χ0) is 16.2. The summed E-state index contributed by atoms with van der Waals surface area (Å²) in [5.41, 5.74) is 0. The monoisotopic (exact) mass is 319 g/mol. The van der Waals surface area contributed by atoms with Crippen LogP contribution < -0.4 is 0 Å². The lowest BCUT2D eigenvalue weighted by Crippen LogP contribution is -1.78. The van der Waals surface area contributed by atoms with Crippen molar-refractivity contribution in [2.45, 2.75) is 0 Å². The minimum Gasteiger partial charge on any atom is -0.769 e. The van der Waals surface area contributed by atoms with Crippen LogP contribution >= 0.6 is 0 Å². The predicted molar refractivity (Wildman–Crippen MR) is 98.1 cm³/mol. The Labute approximate surface area is 137 Å². The summed E-state index contributed by atoms with van der Waals surface area (Å²) < 4.78 is 18.5. The molecule has 23 heavy (non-hydrogen) atoms. The van der Waals surface area contributed by atoms with Gasteiger partial charge in [-0.05, 0) is 73.1 Å². The Kier molecular flexibility index (Phi) is 4.51. The summed E-state index contributed by atoms with van der Waals surface area (Å²) in [7, 11) is 0. The fourth-order valence-corrected chi connectivity index (χ4v) is 2.63. The third-order valence-electron chi connectivity index (χ3n) is 3.71. The van der Waals surface area contributed by atoms with Crippen molar-refractivity contribution in [3.63, 3.8) is 0 Å². The zero-order valence-corrected chi connectivity index (χ0v) is 13.3. The minimum atomic E-state index is -2.06. The lowest BCUT2D eigenvalue weighted by atomic mass is 10.00. The lowest BCUT2D eigenvalue weighted by Gasteiger charge is -2.04. The second kappa shape index (κ2) is 6.73. The standard InChI is InChI=1S/C18H12.C2H4O2S/c1-2-6-14-10-18-12-16-8-4-3-7-15(16)11-17(18)9-13(14)5-1;1-2-5(3)4/h1-12H;2H,1H2,(H,3,4)/p-1. The molecule has 0 saturated carbocycles. The van der Waals surface area contributed by atoms with Crippen LogP contribution in [0.3, 0.4) is 0 Å². The van der Waals surface area contributed by atoms with Crippen molar-refractivity contribution in [3.8, 4) is 0 Å². The van der Waals surface area contributed by atoms with Gasteiger partial charge < -0.3 is 4.55 Å². The maximum absolute atomic E-state index is 9.25. The molecule has 0 bridgehead atoms. The first-order chi connectivity index (χ1) is 11.2. The molecule has 1 unspecified atom stereocenters. The molecule has 0 aliphatic heterocycles. The van der Waals surface area contributed by atoms with Gasteiger partial charge in [0.1, 0.15) is 0 Å². The van der Waals surface area contributed by atoms with Crippen molar-refractivity contribution in [2.75, 3.05) is 0 Å². The molecular formula is C20H15O2S-. The number of fused-ring (bicyclic) bond motifs is 3. The Balaban J connectivity index is 0.000000276. The van der Waals surface area contributed by atoms with Crippen molar-refractivity contribution in [2.24, 2.45) is 0 Å². The van der Waals surface area contributed by atoms with Crippen molar-refractivity contribution in [1.82, 2.24) is 0 Å². The molecule has 0 fully saturated rings. The van der Waals surface area contributed by atoms with E-state index < -0.39 is 11.1 Å². The number of hydrogen-bond donors (Lipinski definition) is 0. The van der Waals surface area contributed by atoms with Gasteiger partial charge in [0.2, 0.25) is 0 Å². The van der Waals surface area contributed by atoms with E-state index in [4.69, 9.17) is 0 Å². The van der Waals surface area contributed by atoms with Gasteiger partial charge in [-0.1, -0.05) is 55.1 Å². The Hall–Kier alpha value is -2.49. The molecule has 0 N–H and O–H groups in total. The van der Waals surface area contributed by atoms with E-state index in [0.717, 1.165) is 5.41 Å². The highest BCUT2D eigenvalue weighted by Gasteiger charge is 2.00. The third-order valence-corrected chi connectivity index (χ3v) is 3.98. The van der Waals surface area contributed by atoms with E-state index in [1.807, 2.05) is 0 Å². The quantitative estimate of drug-likeness (QED) is 0.359. The van der Waals surface area contributed by atoms with E-state index in [1.165, 1.54) is 32.3 Å². The van der Waals surface area contributed by atoms with Gasteiger partial charge in [-0.15, -0.1) is 0 Å². The molecular weight excluding hydrogens is 304 g/mol. The van der Waals surface area contributed by atoms with Crippen molar-refractivity contribution < 1.29 is 8.76 Å². The molecule has 1 atom stereocenters. The van der Waals surface area contributed by atoms with Crippen LogP contribution in [0, 0.1) is 0 Å². The van der Waals surface area contributed by atoms with Crippen LogP contribution in [0.2, 0.25) is 0 Å². The largest absolute Gasteiger partial charge is 0.769 e. The molecule has 3 heteroatoms. The summed E-state index contributed by atoms with van der Waals surface area (Å²) in [5, 5.41) is 8.68. The maximum Gasteiger partial charge on any atom is -0.0171 e. The molecule has 0 amide bonds. The predicted octanol–water partition coefficient (Wildman–Crippen LogP) is 5.16. The Bertz CT molecular complexity index is 878. The van der Waals surface area contributed by atoms with E-state index in [-0.39, 0.29) is 0 Å². The van der Waals surface area contributed by atoms with Gasteiger partial charge in [0.15, 0.2) is 0 Å². The average Bonchev–Trinajstić information content (AvgIpc) is 2.58. The van der Waals surface area contributed by atoms with Crippen molar-refractivity contribution in [3.05, 3.63) is 84.8 Å². The third kappa shape index (κ3) is 3.47. The van der Waals surface area contributed by atoms with E-state index in [1.54, 1.807) is 0 Å². The molecule has 0 spiro atoms. The van der Waals surface area contributed by atoms with Gasteiger partial charge in [0, 0.05) is 0 Å². The average molecular weight is 319 g/mol. The fourth-order valence-electron chi connectivity index (χ4n) is 2.63. The molecule has 0 aliphatic carbocycles. The van der Waals surface area contributed by atoms with Crippen LogP contribution in [-0.4, -0.2) is 8.76 Å². The van der Waals surface area contributed by atoms with Crippen LogP contribution in [0.1, 0.15) is 0 Å². The molecule has 4 aromatic carbocycles. The molecule has 114 valence electrons. The maximum atomic E-state index is 9.25. The van der Waals surface area contributed by atoms with Gasteiger partial charge in [-0.2, -0.15) is 0 Å². The van der Waals surface area contributed by atoms with Crippen LogP contribution in [-0.2, 0) is 11.1 Å². The molecule has 0 aromatic heterocycles. The van der Waals surface area contributed by atoms with E-state index in [9.17, 15) is 8.76 Å². The first-order valence-corrected chi connectivity index (χ1v) is 8.33. The molecule has 4 aromatic rings. The Morgan fingerprint density at radius 2 is 0.957 bits per heavy atom. The molecule has 0 saturated heterocycles. The van der Waals surface area contributed by atoms with Gasteiger partial charge in [0.05, 0.1) is 0 Å². The van der Waals surface area contributed by atoms with Gasteiger partial charge in [-0.3, -0.25) is 4.21 Å². The second-order valence-electron chi connectivity index (χ2n) is 5.17. The SMILES string of the molecule is C=CS(=O)[O-].c1ccc2cc3cc4ccccc4cc3cc2c1. The van der Waals surface area contributed by atoms with Crippen molar-refractivity contribution >= 4 is 43.4 Å². The highest BCUT2D eigenvalue weighted by Crippen LogP contribution is 2.27. The lowest BCUT2D eigenvalue weighted by molar-refractivity contribution is 0.546. The smallest absolute Gasteiger partial charge is 0.0171 e. The topological polar surface area (TPSA) is 40.1 Å². The van der Waals surface area contributed by atoms with E-state index in [0.29, 0.717) is 0 Å². The van der Waals surface area contributed by atoms with Crippen LogP contribution in [0.4, 0.5) is 0 Å². The van der Waals surface area contributed by atoms with E-state index in [2.05, 4.69) is 79.4 Å². The molecule has 0 aliphatic rings. The van der Waals surface area contributed by atoms with Crippen molar-refractivity contribution in [1.29, 1.82) is 0 Å². The second-order valence-corrected chi connectivity index (χ2v) is 6.03. The summed E-state index contributed by atoms with van der Waals surface area (Å²) in [5.74, 6) is 0. The number of hydrogen-bond acceptors (Lipinski definition) is 2. The molecule has 2 nitrogen and oxygen atoms in total. The van der Waals surface area contributed by atoms with E-state index >= 15 is 0 Å². The fraction of sp³-hybridized carbons (Fsp3) is 0. The van der Waals surface area contributed by atoms with Crippen LogP contribution in [0.25, 0.3) is 32.3 Å². The first-order valence-electron chi connectivity index (χ1n) is 7.19. The minimum absolute atomic E-state index is 0.833. The van der Waals surface area contributed by atoms with Gasteiger partial charge >= 0.3 is 0 Å². The normalized spacial score (nSPS) is 11.9. The Morgan fingerprint density at radius 1 is 0.696 bits per heavy atom. The summed E-state index contributed by atoms with van der Waals surface area (Å²) >= 11 is -2.06. The van der Waals surface area contributed by atoms with Crippen LogP contribution in [0.5, 0.6) is 0 Å². The molecule has 4 rings (SSSR count). The molecule has 0 heterocycles. The Morgan fingerprint density at radius 3 is 1.17 bits per heavy atom. The number of rotatable bonds is 1. The number of benzene rings is 4. The summed E-state index contributed by atoms with van der Waals surface area (Å²) in [4.78, 5) is 0.